The van der Waals surface area contributed by atoms with Crippen molar-refractivity contribution in [2.45, 2.75) is 25.2 Å². The second-order valence-electron chi connectivity index (χ2n) is 6.44. The molecule has 0 atom stereocenters. The van der Waals surface area contributed by atoms with Crippen molar-refractivity contribution >= 4 is 5.91 Å². The average molecular weight is 323 g/mol. The summed E-state index contributed by atoms with van der Waals surface area (Å²) < 4.78 is 5.37. The molecule has 1 heterocycles. The van der Waals surface area contributed by atoms with Gasteiger partial charge in [0.05, 0.1) is 0 Å². The number of amides is 1. The van der Waals surface area contributed by atoms with Gasteiger partial charge in [0, 0.05) is 32.1 Å². The van der Waals surface area contributed by atoms with Crippen LogP contribution < -0.4 is 5.32 Å². The van der Waals surface area contributed by atoms with Gasteiger partial charge in [-0.2, -0.15) is 0 Å². The fourth-order valence-corrected chi connectivity index (χ4v) is 3.27. The van der Waals surface area contributed by atoms with Crippen LogP contribution in [0.3, 0.4) is 0 Å². The lowest BCUT2D eigenvalue weighted by Crippen LogP contribution is -2.33. The van der Waals surface area contributed by atoms with Crippen LogP contribution in [0.1, 0.15) is 36.3 Å². The van der Waals surface area contributed by atoms with Gasteiger partial charge in [0.2, 0.25) is 5.91 Å². The van der Waals surface area contributed by atoms with Gasteiger partial charge in [0.1, 0.15) is 0 Å². The maximum Gasteiger partial charge on any atom is 0.220 e. The molecule has 1 saturated heterocycles. The fourth-order valence-electron chi connectivity index (χ4n) is 3.27. The van der Waals surface area contributed by atoms with Crippen molar-refractivity contribution in [2.75, 3.05) is 19.8 Å². The molecule has 0 aliphatic carbocycles. The molecule has 2 aromatic carbocycles. The third kappa shape index (κ3) is 4.68. The molecule has 0 saturated carbocycles. The number of hydrogen-bond donors (Lipinski definition) is 1. The Labute approximate surface area is 144 Å². The van der Waals surface area contributed by atoms with Crippen molar-refractivity contribution in [3.8, 4) is 0 Å². The van der Waals surface area contributed by atoms with Crippen molar-refractivity contribution in [1.82, 2.24) is 5.32 Å². The Bertz CT molecular complexity index is 581. The van der Waals surface area contributed by atoms with Crippen LogP contribution in [0, 0.1) is 5.92 Å². The van der Waals surface area contributed by atoms with Crippen LogP contribution in [0.4, 0.5) is 0 Å². The molecule has 24 heavy (non-hydrogen) atoms. The number of hydrogen-bond acceptors (Lipinski definition) is 2. The molecule has 0 spiro atoms. The molecular weight excluding hydrogens is 298 g/mol. The van der Waals surface area contributed by atoms with E-state index in [1.807, 2.05) is 36.4 Å². The maximum atomic E-state index is 12.5. The summed E-state index contributed by atoms with van der Waals surface area (Å²) in [6.45, 7) is 2.40. The normalized spacial score (nSPS) is 15.4. The Kier molecular flexibility index (Phi) is 6.02. The second kappa shape index (κ2) is 8.65. The fraction of sp³-hybridized carbons (Fsp3) is 0.381. The second-order valence-corrected chi connectivity index (χ2v) is 6.44. The largest absolute Gasteiger partial charge is 0.381 e. The van der Waals surface area contributed by atoms with Gasteiger partial charge in [-0.1, -0.05) is 60.7 Å². The topological polar surface area (TPSA) is 38.3 Å². The van der Waals surface area contributed by atoms with Crippen molar-refractivity contribution in [3.63, 3.8) is 0 Å². The van der Waals surface area contributed by atoms with Gasteiger partial charge in [0.25, 0.3) is 0 Å². The van der Waals surface area contributed by atoms with E-state index in [1.165, 1.54) is 11.1 Å². The summed E-state index contributed by atoms with van der Waals surface area (Å²) in [6.07, 6.45) is 2.57. The van der Waals surface area contributed by atoms with Gasteiger partial charge in [-0.25, -0.2) is 0 Å². The highest BCUT2D eigenvalue weighted by atomic mass is 16.5. The van der Waals surface area contributed by atoms with E-state index < -0.39 is 0 Å². The van der Waals surface area contributed by atoms with Gasteiger partial charge in [-0.05, 0) is 29.9 Å². The molecule has 0 bridgehead atoms. The van der Waals surface area contributed by atoms with Crippen LogP contribution in [0.15, 0.2) is 60.7 Å². The molecule has 3 rings (SSSR count). The number of nitrogens with one attached hydrogen (secondary N) is 1. The molecule has 3 nitrogen and oxygen atoms in total. The minimum Gasteiger partial charge on any atom is -0.381 e. The van der Waals surface area contributed by atoms with Gasteiger partial charge in [0.15, 0.2) is 0 Å². The third-order valence-electron chi connectivity index (χ3n) is 4.72. The first kappa shape index (κ1) is 16.7. The lowest BCUT2D eigenvalue weighted by molar-refractivity contribution is -0.121. The highest BCUT2D eigenvalue weighted by Crippen LogP contribution is 2.27. The van der Waals surface area contributed by atoms with Gasteiger partial charge >= 0.3 is 0 Å². The molecule has 1 N–H and O–H groups in total. The smallest absolute Gasteiger partial charge is 0.220 e. The van der Waals surface area contributed by atoms with E-state index in [1.54, 1.807) is 0 Å². The molecule has 0 unspecified atom stereocenters. The summed E-state index contributed by atoms with van der Waals surface area (Å²) >= 11 is 0. The Balaban J connectivity index is 1.64. The zero-order valence-corrected chi connectivity index (χ0v) is 14.0. The van der Waals surface area contributed by atoms with Crippen molar-refractivity contribution in [1.29, 1.82) is 0 Å². The maximum absolute atomic E-state index is 12.5. The van der Waals surface area contributed by atoms with Crippen molar-refractivity contribution in [2.24, 2.45) is 5.92 Å². The third-order valence-corrected chi connectivity index (χ3v) is 4.72. The van der Waals surface area contributed by atoms with Gasteiger partial charge in [-0.15, -0.1) is 0 Å². The standard InChI is InChI=1S/C21H25NO2/c23-21(22-16-17-11-13-24-14-12-17)15-20(18-7-3-1-4-8-18)19-9-5-2-6-10-19/h1-10,17,20H,11-16H2,(H,22,23). The van der Waals surface area contributed by atoms with E-state index in [9.17, 15) is 4.79 Å². The Morgan fingerprint density at radius 3 is 2.04 bits per heavy atom. The number of rotatable bonds is 6. The SMILES string of the molecule is O=C(CC(c1ccccc1)c1ccccc1)NCC1CCOCC1. The van der Waals surface area contributed by atoms with Crippen LogP contribution in [0.5, 0.6) is 0 Å². The minimum absolute atomic E-state index is 0.0992. The van der Waals surface area contributed by atoms with Gasteiger partial charge < -0.3 is 10.1 Å². The van der Waals surface area contributed by atoms with E-state index in [0.29, 0.717) is 12.3 Å². The van der Waals surface area contributed by atoms with Crippen LogP contribution in [0.25, 0.3) is 0 Å². The zero-order chi connectivity index (χ0) is 16.6. The Morgan fingerprint density at radius 2 is 1.50 bits per heavy atom. The van der Waals surface area contributed by atoms with Crippen LogP contribution in [-0.2, 0) is 9.53 Å². The Hall–Kier alpha value is -2.13. The molecule has 1 aliphatic heterocycles. The number of carbonyl (C=O) groups is 1. The molecule has 0 aromatic heterocycles. The predicted octanol–water partition coefficient (Wildman–Crippen LogP) is 3.75. The summed E-state index contributed by atoms with van der Waals surface area (Å²) in [5.41, 5.74) is 2.37. The minimum atomic E-state index is 0.0992. The zero-order valence-electron chi connectivity index (χ0n) is 14.0. The number of ether oxygens (including phenoxy) is 1. The molecule has 3 heteroatoms. The molecule has 2 aromatic rings. The quantitative estimate of drug-likeness (QED) is 0.879. The summed E-state index contributed by atoms with van der Waals surface area (Å²) in [5, 5.41) is 3.13. The molecule has 126 valence electrons. The van der Waals surface area contributed by atoms with Crippen molar-refractivity contribution < 1.29 is 9.53 Å². The van der Waals surface area contributed by atoms with E-state index >= 15 is 0 Å². The summed E-state index contributed by atoms with van der Waals surface area (Å²) in [4.78, 5) is 12.5. The average Bonchev–Trinajstić information content (AvgIpc) is 2.67. The summed E-state index contributed by atoms with van der Waals surface area (Å²) in [7, 11) is 0. The molecular formula is C21H25NO2. The Morgan fingerprint density at radius 1 is 0.958 bits per heavy atom. The lowest BCUT2D eigenvalue weighted by Gasteiger charge is -2.23. The first-order valence-electron chi connectivity index (χ1n) is 8.77. The first-order valence-corrected chi connectivity index (χ1v) is 8.77. The first-order chi connectivity index (χ1) is 11.8. The molecule has 0 radical (unpaired) electrons. The van der Waals surface area contributed by atoms with Gasteiger partial charge in [-0.3, -0.25) is 4.79 Å². The molecule has 1 aliphatic rings. The monoisotopic (exact) mass is 323 g/mol. The number of benzene rings is 2. The lowest BCUT2D eigenvalue weighted by atomic mass is 9.88. The van der Waals surface area contributed by atoms with E-state index in [4.69, 9.17) is 4.74 Å². The van der Waals surface area contributed by atoms with E-state index in [-0.39, 0.29) is 11.8 Å². The van der Waals surface area contributed by atoms with Crippen molar-refractivity contribution in [3.05, 3.63) is 71.8 Å². The van der Waals surface area contributed by atoms with Crippen LogP contribution >= 0.6 is 0 Å². The van der Waals surface area contributed by atoms with Crippen LogP contribution in [-0.4, -0.2) is 25.7 Å². The summed E-state index contributed by atoms with van der Waals surface area (Å²) in [5.74, 6) is 0.774. The molecule has 1 amide bonds. The highest BCUT2D eigenvalue weighted by molar-refractivity contribution is 5.77. The molecule has 1 fully saturated rings. The summed E-state index contributed by atoms with van der Waals surface area (Å²) in [6, 6.07) is 20.6. The predicted molar refractivity (Wildman–Crippen MR) is 95.9 cm³/mol. The van der Waals surface area contributed by atoms with E-state index in [0.717, 1.165) is 32.6 Å². The number of carbonyl (C=O) groups excluding carboxylic acids is 1. The highest BCUT2D eigenvalue weighted by Gasteiger charge is 2.19. The van der Waals surface area contributed by atoms with Crippen LogP contribution in [0.2, 0.25) is 0 Å². The van der Waals surface area contributed by atoms with E-state index in [2.05, 4.69) is 29.6 Å².